The molecule has 0 saturated heterocycles. The van der Waals surface area contributed by atoms with Gasteiger partial charge >= 0.3 is 6.18 Å². The number of rotatable bonds is 3. The van der Waals surface area contributed by atoms with Crippen LogP contribution in [-0.4, -0.2) is 22.8 Å². The highest BCUT2D eigenvalue weighted by atomic mass is 19.4. The Bertz CT molecular complexity index is 481. The van der Waals surface area contributed by atoms with Crippen LogP contribution in [0.3, 0.4) is 0 Å². The number of nitrogens with one attached hydrogen (secondary N) is 1. The first-order valence-corrected chi connectivity index (χ1v) is 5.69. The minimum absolute atomic E-state index is 0.438. The van der Waals surface area contributed by atoms with Crippen molar-refractivity contribution in [3.8, 4) is 0 Å². The quantitative estimate of drug-likeness (QED) is 0.891. The number of alkyl halides is 3. The van der Waals surface area contributed by atoms with E-state index in [0.717, 1.165) is 11.1 Å². The van der Waals surface area contributed by atoms with Crippen LogP contribution < -0.4 is 5.32 Å². The molecule has 19 heavy (non-hydrogen) atoms. The number of amides is 1. The maximum atomic E-state index is 12.4. The minimum atomic E-state index is -4.84. The summed E-state index contributed by atoms with van der Waals surface area (Å²) in [5.41, 5.74) is -0.860. The Morgan fingerprint density at radius 1 is 1.32 bits per heavy atom. The van der Waals surface area contributed by atoms with Gasteiger partial charge in [-0.05, 0) is 32.4 Å². The van der Waals surface area contributed by atoms with Gasteiger partial charge in [-0.1, -0.05) is 17.7 Å². The lowest BCUT2D eigenvalue weighted by Gasteiger charge is -2.25. The largest absolute Gasteiger partial charge is 0.417 e. The molecule has 1 rings (SSSR count). The molecular weight excluding hydrogens is 259 g/mol. The Morgan fingerprint density at radius 2 is 1.89 bits per heavy atom. The van der Waals surface area contributed by atoms with Gasteiger partial charge in [0.15, 0.2) is 5.60 Å². The molecule has 2 N–H and O–H groups in total. The molecule has 0 spiro atoms. The number of aryl methyl sites for hydroxylation is 2. The van der Waals surface area contributed by atoms with Crippen LogP contribution in [0.4, 0.5) is 18.9 Å². The molecule has 0 unspecified atom stereocenters. The number of benzene rings is 1. The maximum absolute atomic E-state index is 12.4. The summed E-state index contributed by atoms with van der Waals surface area (Å²) >= 11 is 0. The SMILES string of the molecule is Cc1ccc(NC(=O)C[C@](C)(O)C(F)(F)F)c(C)c1. The molecule has 0 radical (unpaired) electrons. The van der Waals surface area contributed by atoms with Crippen molar-refractivity contribution in [2.75, 3.05) is 5.32 Å². The van der Waals surface area contributed by atoms with Gasteiger partial charge in [0.2, 0.25) is 5.91 Å². The first-order valence-electron chi connectivity index (χ1n) is 5.69. The van der Waals surface area contributed by atoms with Crippen molar-refractivity contribution in [2.24, 2.45) is 0 Å². The molecule has 6 heteroatoms. The Balaban J connectivity index is 2.76. The zero-order valence-corrected chi connectivity index (χ0v) is 10.9. The highest BCUT2D eigenvalue weighted by Gasteiger charge is 2.50. The van der Waals surface area contributed by atoms with Crippen molar-refractivity contribution in [1.29, 1.82) is 0 Å². The van der Waals surface area contributed by atoms with E-state index in [1.165, 1.54) is 0 Å². The molecule has 106 valence electrons. The topological polar surface area (TPSA) is 49.3 Å². The van der Waals surface area contributed by atoms with E-state index in [4.69, 9.17) is 0 Å². The van der Waals surface area contributed by atoms with Gasteiger partial charge in [0.25, 0.3) is 0 Å². The van der Waals surface area contributed by atoms with E-state index in [0.29, 0.717) is 12.6 Å². The van der Waals surface area contributed by atoms with Gasteiger partial charge in [0.05, 0.1) is 6.42 Å². The molecule has 0 aliphatic rings. The lowest BCUT2D eigenvalue weighted by Crippen LogP contribution is -2.44. The van der Waals surface area contributed by atoms with Crippen LogP contribution in [-0.2, 0) is 4.79 Å². The number of carbonyl (C=O) groups is 1. The van der Waals surface area contributed by atoms with E-state index in [1.807, 2.05) is 6.92 Å². The average Bonchev–Trinajstić information content (AvgIpc) is 2.19. The van der Waals surface area contributed by atoms with Gasteiger partial charge in [-0.25, -0.2) is 0 Å². The predicted molar refractivity (Wildman–Crippen MR) is 65.8 cm³/mol. The summed E-state index contributed by atoms with van der Waals surface area (Å²) in [6, 6.07) is 5.16. The fourth-order valence-electron chi connectivity index (χ4n) is 1.56. The van der Waals surface area contributed by atoms with Crippen LogP contribution in [0.1, 0.15) is 24.5 Å². The summed E-state index contributed by atoms with van der Waals surface area (Å²) in [6.07, 6.45) is -5.88. The molecule has 3 nitrogen and oxygen atoms in total. The highest BCUT2D eigenvalue weighted by Crippen LogP contribution is 2.32. The van der Waals surface area contributed by atoms with Gasteiger partial charge in [0, 0.05) is 5.69 Å². The highest BCUT2D eigenvalue weighted by molar-refractivity contribution is 5.92. The molecule has 0 aliphatic carbocycles. The zero-order valence-electron chi connectivity index (χ0n) is 10.9. The number of hydrogen-bond acceptors (Lipinski definition) is 2. The van der Waals surface area contributed by atoms with Gasteiger partial charge in [-0.3, -0.25) is 4.79 Å². The van der Waals surface area contributed by atoms with Crippen molar-refractivity contribution < 1.29 is 23.1 Å². The van der Waals surface area contributed by atoms with Gasteiger partial charge < -0.3 is 10.4 Å². The smallest absolute Gasteiger partial charge is 0.380 e. The number of aliphatic hydroxyl groups is 1. The Morgan fingerprint density at radius 3 is 2.37 bits per heavy atom. The van der Waals surface area contributed by atoms with Gasteiger partial charge in [-0.15, -0.1) is 0 Å². The molecule has 0 fully saturated rings. The fraction of sp³-hybridized carbons (Fsp3) is 0.462. The Hall–Kier alpha value is -1.56. The summed E-state index contributed by atoms with van der Waals surface area (Å²) in [4.78, 5) is 11.5. The molecule has 1 amide bonds. The molecule has 1 aromatic rings. The summed E-state index contributed by atoms with van der Waals surface area (Å²) in [5.74, 6) is -0.880. The summed E-state index contributed by atoms with van der Waals surface area (Å²) in [5, 5.41) is 11.6. The summed E-state index contributed by atoms with van der Waals surface area (Å²) in [7, 11) is 0. The lowest BCUT2D eigenvalue weighted by molar-refractivity contribution is -0.252. The molecular formula is C13H16F3NO2. The predicted octanol–water partition coefficient (Wildman–Crippen LogP) is 2.95. The van der Waals surface area contributed by atoms with E-state index in [1.54, 1.807) is 25.1 Å². The van der Waals surface area contributed by atoms with Crippen LogP contribution in [0.15, 0.2) is 18.2 Å². The first-order chi connectivity index (χ1) is 8.53. The minimum Gasteiger partial charge on any atom is -0.380 e. The van der Waals surface area contributed by atoms with E-state index in [9.17, 15) is 23.1 Å². The van der Waals surface area contributed by atoms with Crippen LogP contribution in [0, 0.1) is 13.8 Å². The van der Waals surface area contributed by atoms with Crippen molar-refractivity contribution in [1.82, 2.24) is 0 Å². The van der Waals surface area contributed by atoms with E-state index in [-0.39, 0.29) is 0 Å². The zero-order chi connectivity index (χ0) is 14.8. The number of halogens is 3. The van der Waals surface area contributed by atoms with Gasteiger partial charge in [-0.2, -0.15) is 13.2 Å². The second-order valence-corrected chi connectivity index (χ2v) is 4.81. The summed E-state index contributed by atoms with van der Waals surface area (Å²) < 4.78 is 37.3. The van der Waals surface area contributed by atoms with Gasteiger partial charge in [0.1, 0.15) is 0 Å². The first kappa shape index (κ1) is 15.5. The Labute approximate surface area is 109 Å². The number of carbonyl (C=O) groups excluding carboxylic acids is 1. The normalized spacial score (nSPS) is 14.9. The van der Waals surface area contributed by atoms with Crippen LogP contribution in [0.5, 0.6) is 0 Å². The standard InChI is InChI=1S/C13H16F3NO2/c1-8-4-5-10(9(2)6-8)17-11(18)7-12(3,19)13(14,15)16/h4-6,19H,7H2,1-3H3,(H,17,18)/t12-/m0/s1. The van der Waals surface area contributed by atoms with E-state index < -0.39 is 24.1 Å². The maximum Gasteiger partial charge on any atom is 0.417 e. The third kappa shape index (κ3) is 3.96. The third-order valence-electron chi connectivity index (χ3n) is 2.77. The molecule has 1 aromatic carbocycles. The molecule has 1 atom stereocenters. The van der Waals surface area contributed by atoms with Crippen LogP contribution in [0.2, 0.25) is 0 Å². The Kier molecular flexibility index (Phi) is 4.25. The summed E-state index contributed by atoms with van der Waals surface area (Å²) in [6.45, 7) is 4.19. The molecule has 0 saturated carbocycles. The van der Waals surface area contributed by atoms with Crippen molar-refractivity contribution in [3.05, 3.63) is 29.3 Å². The third-order valence-corrected chi connectivity index (χ3v) is 2.77. The second-order valence-electron chi connectivity index (χ2n) is 4.81. The van der Waals surface area contributed by atoms with Crippen molar-refractivity contribution in [3.63, 3.8) is 0 Å². The van der Waals surface area contributed by atoms with Crippen LogP contribution >= 0.6 is 0 Å². The average molecular weight is 275 g/mol. The number of anilines is 1. The lowest BCUT2D eigenvalue weighted by atomic mass is 10.0. The molecule has 0 aromatic heterocycles. The molecule has 0 heterocycles. The fourth-order valence-corrected chi connectivity index (χ4v) is 1.56. The van der Waals surface area contributed by atoms with E-state index >= 15 is 0 Å². The second kappa shape index (κ2) is 5.21. The van der Waals surface area contributed by atoms with Crippen LogP contribution in [0.25, 0.3) is 0 Å². The molecule has 0 bridgehead atoms. The van der Waals surface area contributed by atoms with Crippen molar-refractivity contribution >= 4 is 11.6 Å². The van der Waals surface area contributed by atoms with Crippen molar-refractivity contribution in [2.45, 2.75) is 39.0 Å². The van der Waals surface area contributed by atoms with E-state index in [2.05, 4.69) is 5.32 Å². The molecule has 0 aliphatic heterocycles. The monoisotopic (exact) mass is 275 g/mol. The number of hydrogen-bond donors (Lipinski definition) is 2.